The van der Waals surface area contributed by atoms with Gasteiger partial charge in [-0.15, -0.1) is 0 Å². The summed E-state index contributed by atoms with van der Waals surface area (Å²) in [5, 5.41) is 12.4. The Morgan fingerprint density at radius 3 is 2.59 bits per heavy atom. The number of hydrogen-bond donors (Lipinski definition) is 2. The number of amides is 2. The molecule has 0 saturated carbocycles. The Morgan fingerprint density at radius 2 is 1.89 bits per heavy atom. The average Bonchev–Trinajstić information content (AvgIpc) is 2.96. The highest BCUT2D eigenvalue weighted by Crippen LogP contribution is 2.23. The third-order valence-corrected chi connectivity index (χ3v) is 4.32. The van der Waals surface area contributed by atoms with Crippen LogP contribution in [0.3, 0.4) is 0 Å². The molecule has 2 amide bonds. The number of likely N-dealkylation sites (N-methyl/N-ethyl adjacent to an activating group) is 1. The SMILES string of the molecule is CN1CC(C(=O)NCCCOc2cccc(-c3ccccc3)c2)=C(O)C1=O. The van der Waals surface area contributed by atoms with Gasteiger partial charge in [-0.25, -0.2) is 0 Å². The van der Waals surface area contributed by atoms with E-state index in [0.717, 1.165) is 16.9 Å². The van der Waals surface area contributed by atoms with Crippen molar-refractivity contribution >= 4 is 11.8 Å². The zero-order chi connectivity index (χ0) is 19.2. The largest absolute Gasteiger partial charge is 0.503 e. The summed E-state index contributed by atoms with van der Waals surface area (Å²) in [4.78, 5) is 24.8. The van der Waals surface area contributed by atoms with Gasteiger partial charge in [0.1, 0.15) is 5.75 Å². The normalized spacial score (nSPS) is 13.8. The van der Waals surface area contributed by atoms with Gasteiger partial charge in [0.2, 0.25) is 0 Å². The van der Waals surface area contributed by atoms with E-state index in [1.807, 2.05) is 54.6 Å². The second-order valence-corrected chi connectivity index (χ2v) is 6.34. The van der Waals surface area contributed by atoms with Crippen LogP contribution in [0.1, 0.15) is 6.42 Å². The van der Waals surface area contributed by atoms with Gasteiger partial charge in [0, 0.05) is 13.6 Å². The van der Waals surface area contributed by atoms with Crippen molar-refractivity contribution in [2.24, 2.45) is 0 Å². The molecule has 3 rings (SSSR count). The molecule has 1 aliphatic rings. The van der Waals surface area contributed by atoms with E-state index < -0.39 is 17.6 Å². The standard InChI is InChI=1S/C21H22N2O4/c1-23-14-18(19(24)21(23)26)20(25)22-11-6-12-27-17-10-5-9-16(13-17)15-7-3-2-4-8-15/h2-5,7-10,13,24H,6,11-12,14H2,1H3,(H,22,25). The lowest BCUT2D eigenvalue weighted by molar-refractivity contribution is -0.126. The summed E-state index contributed by atoms with van der Waals surface area (Å²) in [7, 11) is 1.54. The van der Waals surface area contributed by atoms with Gasteiger partial charge in [-0.3, -0.25) is 9.59 Å². The second kappa shape index (κ2) is 8.40. The van der Waals surface area contributed by atoms with E-state index >= 15 is 0 Å². The molecule has 1 aliphatic heterocycles. The number of carbonyl (C=O) groups is 2. The van der Waals surface area contributed by atoms with Crippen molar-refractivity contribution < 1.29 is 19.4 Å². The van der Waals surface area contributed by atoms with Crippen molar-refractivity contribution in [3.05, 3.63) is 65.9 Å². The molecule has 140 valence electrons. The van der Waals surface area contributed by atoms with Crippen LogP contribution >= 0.6 is 0 Å². The molecule has 0 unspecified atom stereocenters. The van der Waals surface area contributed by atoms with Crippen molar-refractivity contribution in [2.45, 2.75) is 6.42 Å². The molecule has 2 aromatic rings. The quantitative estimate of drug-likeness (QED) is 0.738. The Labute approximate surface area is 158 Å². The van der Waals surface area contributed by atoms with Gasteiger partial charge in [-0.2, -0.15) is 0 Å². The van der Waals surface area contributed by atoms with Gasteiger partial charge in [0.15, 0.2) is 5.76 Å². The lowest BCUT2D eigenvalue weighted by atomic mass is 10.1. The molecule has 2 aromatic carbocycles. The van der Waals surface area contributed by atoms with Crippen LogP contribution in [0.2, 0.25) is 0 Å². The molecule has 27 heavy (non-hydrogen) atoms. The average molecular weight is 366 g/mol. The van der Waals surface area contributed by atoms with Crippen molar-refractivity contribution in [1.82, 2.24) is 10.2 Å². The molecule has 6 nitrogen and oxygen atoms in total. The molecule has 0 radical (unpaired) electrons. The Hall–Kier alpha value is -3.28. The lowest BCUT2D eigenvalue weighted by Gasteiger charge is -2.10. The maximum Gasteiger partial charge on any atom is 0.289 e. The summed E-state index contributed by atoms with van der Waals surface area (Å²) in [6, 6.07) is 17.9. The molecule has 1 heterocycles. The molecule has 2 N–H and O–H groups in total. The monoisotopic (exact) mass is 366 g/mol. The van der Waals surface area contributed by atoms with E-state index in [1.165, 1.54) is 11.9 Å². The molecule has 0 saturated heterocycles. The fourth-order valence-electron chi connectivity index (χ4n) is 2.84. The smallest absolute Gasteiger partial charge is 0.289 e. The Bertz CT molecular complexity index is 861. The predicted molar refractivity (Wildman–Crippen MR) is 102 cm³/mol. The number of hydrogen-bond acceptors (Lipinski definition) is 4. The zero-order valence-corrected chi connectivity index (χ0v) is 15.1. The van der Waals surface area contributed by atoms with E-state index in [-0.39, 0.29) is 12.1 Å². The summed E-state index contributed by atoms with van der Waals surface area (Å²) < 4.78 is 5.76. The van der Waals surface area contributed by atoms with Crippen molar-refractivity contribution in [3.63, 3.8) is 0 Å². The van der Waals surface area contributed by atoms with E-state index in [9.17, 15) is 14.7 Å². The van der Waals surface area contributed by atoms with Crippen LogP contribution in [0.15, 0.2) is 65.9 Å². The number of benzene rings is 2. The first kappa shape index (κ1) is 18.5. The number of aliphatic hydroxyl groups is 1. The fraction of sp³-hybridized carbons (Fsp3) is 0.238. The summed E-state index contributed by atoms with van der Waals surface area (Å²) in [6.45, 7) is 0.966. The van der Waals surface area contributed by atoms with Gasteiger partial charge in [0.25, 0.3) is 11.8 Å². The van der Waals surface area contributed by atoms with Crippen LogP contribution in [0.5, 0.6) is 5.75 Å². The van der Waals surface area contributed by atoms with Gasteiger partial charge < -0.3 is 20.1 Å². The highest BCUT2D eigenvalue weighted by Gasteiger charge is 2.31. The number of nitrogens with zero attached hydrogens (tertiary/aromatic N) is 1. The highest BCUT2D eigenvalue weighted by molar-refractivity contribution is 6.06. The van der Waals surface area contributed by atoms with Gasteiger partial charge in [0.05, 0.1) is 18.7 Å². The number of rotatable bonds is 7. The maximum absolute atomic E-state index is 12.0. The van der Waals surface area contributed by atoms with E-state index in [2.05, 4.69) is 5.32 Å². The van der Waals surface area contributed by atoms with Crippen molar-refractivity contribution in [2.75, 3.05) is 26.7 Å². The first-order valence-corrected chi connectivity index (χ1v) is 8.80. The van der Waals surface area contributed by atoms with E-state index in [0.29, 0.717) is 19.6 Å². The summed E-state index contributed by atoms with van der Waals surface area (Å²) in [6.07, 6.45) is 0.610. The summed E-state index contributed by atoms with van der Waals surface area (Å²) in [5.41, 5.74) is 2.32. The van der Waals surface area contributed by atoms with Crippen LogP contribution in [-0.4, -0.2) is 48.6 Å². The van der Waals surface area contributed by atoms with Crippen LogP contribution < -0.4 is 10.1 Å². The number of carbonyl (C=O) groups excluding carboxylic acids is 2. The first-order chi connectivity index (χ1) is 13.1. The molecule has 0 spiro atoms. The van der Waals surface area contributed by atoms with E-state index in [1.54, 1.807) is 0 Å². The zero-order valence-electron chi connectivity index (χ0n) is 15.1. The molecular formula is C21H22N2O4. The molecule has 0 fully saturated rings. The molecular weight excluding hydrogens is 344 g/mol. The maximum atomic E-state index is 12.0. The Balaban J connectivity index is 1.45. The minimum atomic E-state index is -0.526. The lowest BCUT2D eigenvalue weighted by Crippen LogP contribution is -2.29. The predicted octanol–water partition coefficient (Wildman–Crippen LogP) is 2.52. The van der Waals surface area contributed by atoms with Gasteiger partial charge >= 0.3 is 0 Å². The Kier molecular flexibility index (Phi) is 5.76. The molecule has 0 bridgehead atoms. The molecule has 0 aromatic heterocycles. The third-order valence-electron chi connectivity index (χ3n) is 4.32. The van der Waals surface area contributed by atoms with Gasteiger partial charge in [-0.1, -0.05) is 42.5 Å². The number of ether oxygens (including phenoxy) is 1. The van der Waals surface area contributed by atoms with Crippen LogP contribution in [0.25, 0.3) is 11.1 Å². The number of nitrogens with one attached hydrogen (secondary N) is 1. The second-order valence-electron chi connectivity index (χ2n) is 6.34. The number of aliphatic hydroxyl groups excluding tert-OH is 1. The molecule has 6 heteroatoms. The molecule has 0 atom stereocenters. The van der Waals surface area contributed by atoms with E-state index in [4.69, 9.17) is 4.74 Å². The van der Waals surface area contributed by atoms with Crippen molar-refractivity contribution in [3.8, 4) is 16.9 Å². The van der Waals surface area contributed by atoms with Crippen LogP contribution in [0.4, 0.5) is 0 Å². The minimum Gasteiger partial charge on any atom is -0.503 e. The third kappa shape index (κ3) is 4.47. The van der Waals surface area contributed by atoms with Crippen molar-refractivity contribution in [1.29, 1.82) is 0 Å². The minimum absolute atomic E-state index is 0.110. The topological polar surface area (TPSA) is 78.9 Å². The first-order valence-electron chi connectivity index (χ1n) is 8.80. The molecule has 0 aliphatic carbocycles. The summed E-state index contributed by atoms with van der Waals surface area (Å²) >= 11 is 0. The van der Waals surface area contributed by atoms with Gasteiger partial charge in [-0.05, 0) is 29.7 Å². The van der Waals surface area contributed by atoms with Crippen LogP contribution in [-0.2, 0) is 9.59 Å². The van der Waals surface area contributed by atoms with Crippen LogP contribution in [0, 0.1) is 0 Å². The Morgan fingerprint density at radius 1 is 1.15 bits per heavy atom. The summed E-state index contributed by atoms with van der Waals surface area (Å²) in [5.74, 6) is -0.645. The fourth-order valence-corrected chi connectivity index (χ4v) is 2.84. The highest BCUT2D eigenvalue weighted by atomic mass is 16.5.